The molecule has 1 aliphatic carbocycles. The summed E-state index contributed by atoms with van der Waals surface area (Å²) in [7, 11) is -3.11. The molecule has 8 nitrogen and oxygen atoms in total. The van der Waals surface area contributed by atoms with Gasteiger partial charge in [-0.25, -0.2) is 17.9 Å². The second-order valence-corrected chi connectivity index (χ2v) is 10.3. The van der Waals surface area contributed by atoms with Crippen molar-refractivity contribution in [1.29, 1.82) is 0 Å². The van der Waals surface area contributed by atoms with Gasteiger partial charge < -0.3 is 5.11 Å². The average molecular weight is 489 g/mol. The minimum absolute atomic E-state index is 0.160. The first kappa shape index (κ1) is 25.2. The molecule has 1 aliphatic heterocycles. The predicted octanol–water partition coefficient (Wildman–Crippen LogP) is 2.85. The lowest BCUT2D eigenvalue weighted by atomic mass is 10.1. The number of aromatic nitrogens is 2. The summed E-state index contributed by atoms with van der Waals surface area (Å²) in [5.41, 5.74) is 3.84. The average Bonchev–Trinajstić information content (AvgIpc) is 3.49. The summed E-state index contributed by atoms with van der Waals surface area (Å²) in [5.74, 6) is -2.76. The summed E-state index contributed by atoms with van der Waals surface area (Å²) in [5, 5.41) is 11.4. The minimum Gasteiger partial charge on any atom is -0.475 e. The van der Waals surface area contributed by atoms with Gasteiger partial charge in [-0.05, 0) is 43.4 Å². The molecule has 4 rings (SSSR count). The number of halogens is 3. The Hall–Kier alpha value is -2.44. The molecule has 2 heterocycles. The Morgan fingerprint density at radius 1 is 1.24 bits per heavy atom. The lowest BCUT2D eigenvalue weighted by molar-refractivity contribution is -0.192. The van der Waals surface area contributed by atoms with E-state index >= 15 is 0 Å². The Balaban J connectivity index is 0.000000383. The Morgan fingerprint density at radius 2 is 1.91 bits per heavy atom. The monoisotopic (exact) mass is 488 g/mol. The van der Waals surface area contributed by atoms with Crippen molar-refractivity contribution in [3.05, 3.63) is 53.3 Å². The summed E-state index contributed by atoms with van der Waals surface area (Å²) in [6.45, 7) is 5.28. The molecule has 1 fully saturated rings. The molecule has 1 aromatic heterocycles. The lowest BCUT2D eigenvalue weighted by Gasteiger charge is -2.34. The third kappa shape index (κ3) is 7.02. The zero-order valence-electron chi connectivity index (χ0n) is 18.1. The molecule has 12 heteroatoms. The number of nitrogens with one attached hydrogen (secondary N) is 1. The van der Waals surface area contributed by atoms with Crippen LogP contribution in [0.3, 0.4) is 0 Å². The SMILES string of the molecule is Cc1ccccc1CN1Cc2ccnn2C(CCNS(=O)(=O)C2CC2)C1.O=C(O)C(F)(F)F. The standard InChI is InChI=1S/C19H26N4O2S.C2HF3O2/c1-15-4-2-3-5-16(15)12-22-13-17-8-10-20-23(17)18(14-22)9-11-21-26(24,25)19-6-7-19;3-2(4,5)1(6)7/h2-5,8,10,18-19,21H,6-7,9,11-14H2,1H3;(H,6,7). The number of carbonyl (C=O) groups is 1. The largest absolute Gasteiger partial charge is 0.490 e. The van der Waals surface area contributed by atoms with Crippen LogP contribution in [-0.2, 0) is 27.9 Å². The van der Waals surface area contributed by atoms with Crippen LogP contribution in [0.15, 0.2) is 36.5 Å². The third-order valence-electron chi connectivity index (χ3n) is 5.59. The van der Waals surface area contributed by atoms with Crippen molar-refractivity contribution < 1.29 is 31.5 Å². The van der Waals surface area contributed by atoms with Crippen LogP contribution in [0.1, 0.15) is 42.1 Å². The van der Waals surface area contributed by atoms with Gasteiger partial charge in [-0.1, -0.05) is 24.3 Å². The van der Waals surface area contributed by atoms with E-state index in [1.807, 2.05) is 6.20 Å². The smallest absolute Gasteiger partial charge is 0.475 e. The van der Waals surface area contributed by atoms with Crippen molar-refractivity contribution in [1.82, 2.24) is 19.4 Å². The van der Waals surface area contributed by atoms with Gasteiger partial charge in [0.2, 0.25) is 10.0 Å². The predicted molar refractivity (Wildman–Crippen MR) is 115 cm³/mol. The van der Waals surface area contributed by atoms with Crippen molar-refractivity contribution in [2.45, 2.75) is 56.7 Å². The van der Waals surface area contributed by atoms with Crippen molar-refractivity contribution in [2.75, 3.05) is 13.1 Å². The fraction of sp³-hybridized carbons (Fsp3) is 0.524. The molecular formula is C21H27F3N4O4S. The molecule has 1 atom stereocenters. The number of rotatable bonds is 7. The molecule has 0 spiro atoms. The van der Waals surface area contributed by atoms with Crippen LogP contribution in [0.25, 0.3) is 0 Å². The first-order chi connectivity index (χ1) is 15.5. The quantitative estimate of drug-likeness (QED) is 0.621. The first-order valence-electron chi connectivity index (χ1n) is 10.5. The molecule has 0 radical (unpaired) electrons. The molecule has 182 valence electrons. The molecular weight excluding hydrogens is 461 g/mol. The highest BCUT2D eigenvalue weighted by molar-refractivity contribution is 7.90. The minimum atomic E-state index is -5.08. The second kappa shape index (κ2) is 10.2. The molecule has 1 aromatic carbocycles. The topological polar surface area (TPSA) is 105 Å². The van der Waals surface area contributed by atoms with E-state index < -0.39 is 22.2 Å². The van der Waals surface area contributed by atoms with E-state index in [0.717, 1.165) is 38.9 Å². The maximum absolute atomic E-state index is 12.0. The fourth-order valence-corrected chi connectivity index (χ4v) is 5.09. The number of alkyl halides is 3. The molecule has 1 saturated carbocycles. The van der Waals surface area contributed by atoms with Gasteiger partial charge in [0.15, 0.2) is 0 Å². The number of aryl methyl sites for hydroxylation is 1. The van der Waals surface area contributed by atoms with Crippen LogP contribution in [0.2, 0.25) is 0 Å². The van der Waals surface area contributed by atoms with Crippen molar-refractivity contribution >= 4 is 16.0 Å². The van der Waals surface area contributed by atoms with Crippen LogP contribution >= 0.6 is 0 Å². The molecule has 1 unspecified atom stereocenters. The maximum Gasteiger partial charge on any atom is 0.490 e. The van der Waals surface area contributed by atoms with Crippen LogP contribution in [0, 0.1) is 6.92 Å². The Bertz CT molecular complexity index is 1070. The van der Waals surface area contributed by atoms with Crippen LogP contribution in [0.5, 0.6) is 0 Å². The van der Waals surface area contributed by atoms with Gasteiger partial charge >= 0.3 is 12.1 Å². The maximum atomic E-state index is 12.0. The van der Waals surface area contributed by atoms with Gasteiger partial charge in [0.25, 0.3) is 0 Å². The van der Waals surface area contributed by atoms with Crippen LogP contribution < -0.4 is 4.72 Å². The van der Waals surface area contributed by atoms with Crippen molar-refractivity contribution in [2.24, 2.45) is 0 Å². The van der Waals surface area contributed by atoms with E-state index in [-0.39, 0.29) is 11.3 Å². The van der Waals surface area contributed by atoms with Gasteiger partial charge in [-0.15, -0.1) is 0 Å². The second-order valence-electron chi connectivity index (χ2n) is 8.25. The summed E-state index contributed by atoms with van der Waals surface area (Å²) >= 11 is 0. The number of benzene rings is 1. The van der Waals surface area contributed by atoms with Gasteiger partial charge in [-0.2, -0.15) is 18.3 Å². The lowest BCUT2D eigenvalue weighted by Crippen LogP contribution is -2.39. The number of aliphatic carboxylic acids is 1. The Kier molecular flexibility index (Phi) is 7.80. The Morgan fingerprint density at radius 3 is 2.52 bits per heavy atom. The van der Waals surface area contributed by atoms with Gasteiger partial charge in [-0.3, -0.25) is 9.58 Å². The van der Waals surface area contributed by atoms with Crippen molar-refractivity contribution in [3.8, 4) is 0 Å². The van der Waals surface area contributed by atoms with E-state index in [4.69, 9.17) is 9.90 Å². The summed E-state index contributed by atoms with van der Waals surface area (Å²) < 4.78 is 60.6. The number of sulfonamides is 1. The fourth-order valence-electron chi connectivity index (χ4n) is 3.69. The zero-order valence-corrected chi connectivity index (χ0v) is 18.9. The molecule has 2 aromatic rings. The van der Waals surface area contributed by atoms with Crippen molar-refractivity contribution in [3.63, 3.8) is 0 Å². The van der Waals surface area contributed by atoms with E-state index in [1.54, 1.807) is 0 Å². The highest BCUT2D eigenvalue weighted by atomic mass is 32.2. The van der Waals surface area contributed by atoms with E-state index in [9.17, 15) is 21.6 Å². The number of carboxylic acid groups (broad SMARTS) is 1. The van der Waals surface area contributed by atoms with E-state index in [2.05, 4.69) is 56.7 Å². The van der Waals surface area contributed by atoms with Crippen LogP contribution in [-0.4, -0.2) is 58.7 Å². The summed E-state index contributed by atoms with van der Waals surface area (Å²) in [4.78, 5) is 11.3. The number of nitrogens with zero attached hydrogens (tertiary/aromatic N) is 3. The number of carboxylic acids is 1. The van der Waals surface area contributed by atoms with Gasteiger partial charge in [0, 0.05) is 32.4 Å². The highest BCUT2D eigenvalue weighted by Gasteiger charge is 2.38. The summed E-state index contributed by atoms with van der Waals surface area (Å²) in [6.07, 6.45) is -0.891. The number of hydrogen-bond donors (Lipinski definition) is 2. The number of hydrogen-bond acceptors (Lipinski definition) is 5. The zero-order chi connectivity index (χ0) is 24.2. The first-order valence-corrected chi connectivity index (χ1v) is 12.1. The third-order valence-corrected chi connectivity index (χ3v) is 7.55. The normalized spacial score (nSPS) is 18.8. The van der Waals surface area contributed by atoms with Gasteiger partial charge in [0.1, 0.15) is 0 Å². The molecule has 0 amide bonds. The highest BCUT2D eigenvalue weighted by Crippen LogP contribution is 2.28. The summed E-state index contributed by atoms with van der Waals surface area (Å²) in [6, 6.07) is 10.7. The molecule has 2 N–H and O–H groups in total. The molecule has 0 bridgehead atoms. The molecule has 33 heavy (non-hydrogen) atoms. The molecule has 0 saturated heterocycles. The molecule has 2 aliphatic rings. The van der Waals surface area contributed by atoms with Crippen LogP contribution in [0.4, 0.5) is 13.2 Å². The Labute approximate surface area is 190 Å². The number of fused-ring (bicyclic) bond motifs is 1. The van der Waals surface area contributed by atoms with E-state index in [0.29, 0.717) is 6.54 Å². The van der Waals surface area contributed by atoms with E-state index in [1.165, 1.54) is 16.8 Å². The van der Waals surface area contributed by atoms with Gasteiger partial charge in [0.05, 0.1) is 17.0 Å².